The van der Waals surface area contributed by atoms with E-state index < -0.39 is 11.7 Å². The van der Waals surface area contributed by atoms with Crippen molar-refractivity contribution in [2.75, 3.05) is 0 Å². The Hall–Kier alpha value is -2.72. The lowest BCUT2D eigenvalue weighted by atomic mass is 10.1. The van der Waals surface area contributed by atoms with E-state index in [9.17, 15) is 13.2 Å². The fraction of sp³-hybridized carbons (Fsp3) is 0.238. The molecule has 3 aromatic heterocycles. The number of benzene rings is 1. The van der Waals surface area contributed by atoms with Gasteiger partial charge in [0.05, 0.1) is 11.3 Å². The number of aromatic nitrogens is 5. The van der Waals surface area contributed by atoms with Crippen molar-refractivity contribution in [2.45, 2.75) is 36.0 Å². The second-order valence-corrected chi connectivity index (χ2v) is 8.96. The van der Waals surface area contributed by atoms with Crippen molar-refractivity contribution in [1.29, 1.82) is 0 Å². The van der Waals surface area contributed by atoms with Crippen molar-refractivity contribution < 1.29 is 13.2 Å². The van der Waals surface area contributed by atoms with Crippen LogP contribution in [0.2, 0.25) is 0 Å². The van der Waals surface area contributed by atoms with E-state index in [0.717, 1.165) is 47.2 Å². The Morgan fingerprint density at radius 1 is 1.06 bits per heavy atom. The highest BCUT2D eigenvalue weighted by atomic mass is 32.2. The summed E-state index contributed by atoms with van der Waals surface area (Å²) in [6, 6.07) is 9.36. The molecule has 0 saturated heterocycles. The molecule has 10 heteroatoms. The standard InChI is InChI=1S/C21H16F3N5S2/c22-21(23,24)15-5-3-13(4-6-15)19-26-16(11-30-19)12-31-20-28-27-18(29(20)17-7-8-17)14-2-1-9-25-10-14/h1-6,9-11,17H,7-8,12H2. The molecule has 0 bridgehead atoms. The van der Waals surface area contributed by atoms with E-state index in [2.05, 4.69) is 24.7 Å². The maximum Gasteiger partial charge on any atom is 0.416 e. The lowest BCUT2D eigenvalue weighted by Crippen LogP contribution is -2.03. The lowest BCUT2D eigenvalue weighted by Gasteiger charge is -2.08. The Labute approximate surface area is 184 Å². The topological polar surface area (TPSA) is 56.5 Å². The third kappa shape index (κ3) is 4.35. The molecule has 4 aromatic rings. The van der Waals surface area contributed by atoms with Crippen LogP contribution in [0.25, 0.3) is 22.0 Å². The van der Waals surface area contributed by atoms with Crippen LogP contribution in [0.4, 0.5) is 13.2 Å². The molecule has 5 rings (SSSR count). The predicted octanol–water partition coefficient (Wildman–Crippen LogP) is 6.11. The van der Waals surface area contributed by atoms with E-state index >= 15 is 0 Å². The van der Waals surface area contributed by atoms with Gasteiger partial charge < -0.3 is 0 Å². The first-order chi connectivity index (χ1) is 15.0. The van der Waals surface area contributed by atoms with Crippen LogP contribution in [0.5, 0.6) is 0 Å². The van der Waals surface area contributed by atoms with Crippen LogP contribution in [0.1, 0.15) is 30.1 Å². The highest BCUT2D eigenvalue weighted by Crippen LogP contribution is 2.41. The summed E-state index contributed by atoms with van der Waals surface area (Å²) in [7, 11) is 0. The van der Waals surface area contributed by atoms with Crippen LogP contribution in [0.15, 0.2) is 59.3 Å². The number of nitrogens with zero attached hydrogens (tertiary/aromatic N) is 5. The maximum absolute atomic E-state index is 12.8. The van der Waals surface area contributed by atoms with Gasteiger partial charge in [-0.15, -0.1) is 21.5 Å². The molecule has 0 aliphatic heterocycles. The molecule has 1 aromatic carbocycles. The molecule has 0 spiro atoms. The summed E-state index contributed by atoms with van der Waals surface area (Å²) in [6.45, 7) is 0. The number of halogens is 3. The summed E-state index contributed by atoms with van der Waals surface area (Å²) >= 11 is 2.98. The molecular weight excluding hydrogens is 443 g/mol. The molecular formula is C21H16F3N5S2. The van der Waals surface area contributed by atoms with Crippen LogP contribution >= 0.6 is 23.1 Å². The third-order valence-corrected chi connectivity index (χ3v) is 6.77. The average Bonchev–Trinajstić information content (AvgIpc) is 3.34. The molecule has 5 nitrogen and oxygen atoms in total. The minimum atomic E-state index is -4.34. The van der Waals surface area contributed by atoms with Gasteiger partial charge in [0.1, 0.15) is 5.01 Å². The van der Waals surface area contributed by atoms with E-state index in [0.29, 0.717) is 22.4 Å². The van der Waals surface area contributed by atoms with Crippen LogP contribution in [0, 0.1) is 0 Å². The Bertz CT molecular complexity index is 1180. The molecule has 1 aliphatic rings. The molecule has 31 heavy (non-hydrogen) atoms. The van der Waals surface area contributed by atoms with Crippen LogP contribution < -0.4 is 0 Å². The smallest absolute Gasteiger partial charge is 0.299 e. The summed E-state index contributed by atoms with van der Waals surface area (Å²) in [5, 5.41) is 12.2. The van der Waals surface area contributed by atoms with Crippen molar-refractivity contribution in [1.82, 2.24) is 24.7 Å². The molecule has 1 fully saturated rings. The minimum absolute atomic E-state index is 0.408. The second kappa shape index (κ2) is 8.08. The molecule has 0 amide bonds. The van der Waals surface area contributed by atoms with Gasteiger partial charge in [-0.25, -0.2) is 4.98 Å². The van der Waals surface area contributed by atoms with Gasteiger partial charge in [0.15, 0.2) is 11.0 Å². The van der Waals surface area contributed by atoms with E-state index in [-0.39, 0.29) is 0 Å². The van der Waals surface area contributed by atoms with E-state index in [1.807, 2.05) is 17.5 Å². The van der Waals surface area contributed by atoms with Crippen molar-refractivity contribution >= 4 is 23.1 Å². The first-order valence-electron chi connectivity index (χ1n) is 9.59. The highest BCUT2D eigenvalue weighted by molar-refractivity contribution is 7.98. The first kappa shape index (κ1) is 20.2. The Morgan fingerprint density at radius 2 is 1.87 bits per heavy atom. The van der Waals surface area contributed by atoms with Gasteiger partial charge in [0.25, 0.3) is 0 Å². The fourth-order valence-electron chi connectivity index (χ4n) is 3.18. The van der Waals surface area contributed by atoms with Gasteiger partial charge in [-0.2, -0.15) is 13.2 Å². The second-order valence-electron chi connectivity index (χ2n) is 7.16. The quantitative estimate of drug-likeness (QED) is 0.326. The van der Waals surface area contributed by atoms with Gasteiger partial charge in [0.2, 0.25) is 0 Å². The largest absolute Gasteiger partial charge is 0.416 e. The van der Waals surface area contributed by atoms with Gasteiger partial charge in [-0.3, -0.25) is 9.55 Å². The maximum atomic E-state index is 12.8. The van der Waals surface area contributed by atoms with E-state index in [1.165, 1.54) is 23.5 Å². The van der Waals surface area contributed by atoms with Crippen LogP contribution in [0.3, 0.4) is 0 Å². The number of pyridine rings is 1. The van der Waals surface area contributed by atoms with Gasteiger partial charge in [-0.1, -0.05) is 23.9 Å². The molecule has 158 valence electrons. The zero-order chi connectivity index (χ0) is 21.4. The Balaban J connectivity index is 1.32. The zero-order valence-corrected chi connectivity index (χ0v) is 17.7. The number of hydrogen-bond donors (Lipinski definition) is 0. The van der Waals surface area contributed by atoms with Gasteiger partial charge >= 0.3 is 6.18 Å². The molecule has 0 radical (unpaired) electrons. The Morgan fingerprint density at radius 3 is 2.55 bits per heavy atom. The minimum Gasteiger partial charge on any atom is -0.299 e. The number of rotatable bonds is 6. The normalized spacial score (nSPS) is 14.2. The van der Waals surface area contributed by atoms with Gasteiger partial charge in [0, 0.05) is 40.7 Å². The van der Waals surface area contributed by atoms with E-state index in [1.54, 1.807) is 24.2 Å². The van der Waals surface area contributed by atoms with E-state index in [4.69, 9.17) is 0 Å². The number of hydrogen-bond acceptors (Lipinski definition) is 6. The average molecular weight is 460 g/mol. The monoisotopic (exact) mass is 459 g/mol. The van der Waals surface area contributed by atoms with Crippen molar-refractivity contribution in [2.24, 2.45) is 0 Å². The van der Waals surface area contributed by atoms with Crippen LogP contribution in [-0.4, -0.2) is 24.7 Å². The third-order valence-electron chi connectivity index (χ3n) is 4.86. The zero-order valence-electron chi connectivity index (χ0n) is 16.1. The molecule has 3 heterocycles. The van der Waals surface area contributed by atoms with Crippen molar-refractivity contribution in [3.05, 3.63) is 65.4 Å². The lowest BCUT2D eigenvalue weighted by molar-refractivity contribution is -0.137. The van der Waals surface area contributed by atoms with Crippen molar-refractivity contribution in [3.63, 3.8) is 0 Å². The number of thiazole rings is 1. The number of alkyl halides is 3. The van der Waals surface area contributed by atoms with Crippen molar-refractivity contribution in [3.8, 4) is 22.0 Å². The molecule has 0 unspecified atom stereocenters. The SMILES string of the molecule is FC(F)(F)c1ccc(-c2nc(CSc3nnc(-c4cccnc4)n3C3CC3)cs2)cc1. The molecule has 1 aliphatic carbocycles. The Kier molecular flexibility index (Phi) is 5.27. The molecule has 0 atom stereocenters. The number of thioether (sulfide) groups is 1. The molecule has 1 saturated carbocycles. The summed E-state index contributed by atoms with van der Waals surface area (Å²) in [5.74, 6) is 1.43. The summed E-state index contributed by atoms with van der Waals surface area (Å²) in [6.07, 6.45) is 1.39. The highest BCUT2D eigenvalue weighted by Gasteiger charge is 2.31. The van der Waals surface area contributed by atoms with Crippen LogP contribution in [-0.2, 0) is 11.9 Å². The molecule has 0 N–H and O–H groups in total. The summed E-state index contributed by atoms with van der Waals surface area (Å²) in [4.78, 5) is 8.77. The summed E-state index contributed by atoms with van der Waals surface area (Å²) in [5.41, 5.74) is 1.81. The fourth-order valence-corrected chi connectivity index (χ4v) is 5.00. The first-order valence-corrected chi connectivity index (χ1v) is 11.5. The summed E-state index contributed by atoms with van der Waals surface area (Å²) < 4.78 is 40.4. The van der Waals surface area contributed by atoms with Gasteiger partial charge in [-0.05, 0) is 37.1 Å². The predicted molar refractivity (Wildman–Crippen MR) is 114 cm³/mol.